The van der Waals surface area contributed by atoms with Crippen molar-refractivity contribution in [2.24, 2.45) is 0 Å². The minimum atomic E-state index is -1.57. The van der Waals surface area contributed by atoms with Crippen LogP contribution in [0.4, 0.5) is 4.39 Å². The van der Waals surface area contributed by atoms with Gasteiger partial charge in [0.05, 0.1) is 6.42 Å². The lowest BCUT2D eigenvalue weighted by Crippen LogP contribution is -2.42. The van der Waals surface area contributed by atoms with Gasteiger partial charge in [0.25, 0.3) is 5.91 Å². The van der Waals surface area contributed by atoms with E-state index in [9.17, 15) is 18.8 Å². The van der Waals surface area contributed by atoms with E-state index in [0.29, 0.717) is 5.65 Å². The SMILES string of the molecule is O=C(O)CC(NC(=O)c1cn2cc(F)ccc2n1)C(=O)O. The summed E-state index contributed by atoms with van der Waals surface area (Å²) < 4.78 is 14.3. The lowest BCUT2D eigenvalue weighted by molar-refractivity contribution is -0.145. The van der Waals surface area contributed by atoms with E-state index in [0.717, 1.165) is 12.3 Å². The molecule has 1 unspecified atom stereocenters. The molecule has 0 fully saturated rings. The molecule has 0 saturated heterocycles. The molecule has 8 nitrogen and oxygen atoms in total. The van der Waals surface area contributed by atoms with E-state index in [-0.39, 0.29) is 5.69 Å². The van der Waals surface area contributed by atoms with Crippen molar-refractivity contribution in [2.45, 2.75) is 12.5 Å². The Bertz CT molecular complexity index is 727. The third kappa shape index (κ3) is 3.32. The fourth-order valence-corrected chi connectivity index (χ4v) is 1.68. The molecule has 0 aliphatic rings. The number of nitrogens with one attached hydrogen (secondary N) is 1. The van der Waals surface area contributed by atoms with Gasteiger partial charge in [0, 0.05) is 12.4 Å². The smallest absolute Gasteiger partial charge is 0.326 e. The summed E-state index contributed by atoms with van der Waals surface area (Å²) in [5.74, 6) is -4.21. The lowest BCUT2D eigenvalue weighted by atomic mass is 10.2. The predicted molar refractivity (Wildman–Crippen MR) is 66.3 cm³/mol. The highest BCUT2D eigenvalue weighted by Gasteiger charge is 2.24. The molecule has 2 aromatic rings. The van der Waals surface area contributed by atoms with Crippen molar-refractivity contribution in [3.8, 4) is 0 Å². The van der Waals surface area contributed by atoms with Crippen LogP contribution >= 0.6 is 0 Å². The zero-order valence-electron chi connectivity index (χ0n) is 10.5. The van der Waals surface area contributed by atoms with Gasteiger partial charge in [-0.1, -0.05) is 0 Å². The maximum atomic E-state index is 13.0. The number of carboxylic acids is 2. The summed E-state index contributed by atoms with van der Waals surface area (Å²) >= 11 is 0. The van der Waals surface area contributed by atoms with E-state index in [2.05, 4.69) is 10.3 Å². The zero-order valence-corrected chi connectivity index (χ0v) is 10.5. The Hall–Kier alpha value is -2.97. The summed E-state index contributed by atoms with van der Waals surface area (Å²) in [5, 5.41) is 19.5. The number of rotatable bonds is 5. The summed E-state index contributed by atoms with van der Waals surface area (Å²) in [4.78, 5) is 37.1. The molecule has 0 saturated carbocycles. The topological polar surface area (TPSA) is 121 Å². The van der Waals surface area contributed by atoms with Crippen molar-refractivity contribution in [1.29, 1.82) is 0 Å². The fourth-order valence-electron chi connectivity index (χ4n) is 1.68. The number of carbonyl (C=O) groups is 3. The largest absolute Gasteiger partial charge is 0.481 e. The van der Waals surface area contributed by atoms with Gasteiger partial charge >= 0.3 is 11.9 Å². The van der Waals surface area contributed by atoms with Crippen LogP contribution in [0.5, 0.6) is 0 Å². The van der Waals surface area contributed by atoms with E-state index in [1.54, 1.807) is 0 Å². The van der Waals surface area contributed by atoms with Gasteiger partial charge < -0.3 is 19.9 Å². The Kier molecular flexibility index (Phi) is 3.83. The van der Waals surface area contributed by atoms with Gasteiger partial charge in [-0.2, -0.15) is 0 Å². The Labute approximate surface area is 116 Å². The number of pyridine rings is 1. The number of carbonyl (C=O) groups excluding carboxylic acids is 1. The van der Waals surface area contributed by atoms with Crippen molar-refractivity contribution in [1.82, 2.24) is 14.7 Å². The van der Waals surface area contributed by atoms with E-state index in [1.807, 2.05) is 0 Å². The van der Waals surface area contributed by atoms with Crippen LogP contribution in [-0.2, 0) is 9.59 Å². The average molecular weight is 295 g/mol. The summed E-state index contributed by atoms with van der Waals surface area (Å²) in [6.45, 7) is 0. The third-order valence-electron chi connectivity index (χ3n) is 2.63. The van der Waals surface area contributed by atoms with Crippen molar-refractivity contribution >= 4 is 23.5 Å². The Morgan fingerprint density at radius 2 is 2.00 bits per heavy atom. The average Bonchev–Trinajstić information content (AvgIpc) is 2.80. The van der Waals surface area contributed by atoms with Gasteiger partial charge in [0.2, 0.25) is 0 Å². The van der Waals surface area contributed by atoms with Crippen LogP contribution in [-0.4, -0.2) is 43.5 Å². The number of nitrogens with zero attached hydrogens (tertiary/aromatic N) is 2. The van der Waals surface area contributed by atoms with Crippen LogP contribution < -0.4 is 5.32 Å². The molecular weight excluding hydrogens is 285 g/mol. The highest BCUT2D eigenvalue weighted by molar-refractivity contribution is 5.96. The molecule has 2 heterocycles. The molecule has 2 aromatic heterocycles. The number of imidazole rings is 1. The standard InChI is InChI=1S/C12H10FN3O5/c13-6-1-2-9-14-8(5-16(9)4-6)11(19)15-7(12(20)21)3-10(17)18/h1-2,4-5,7H,3H2,(H,15,19)(H,17,18)(H,20,21). The van der Waals surface area contributed by atoms with Crippen molar-refractivity contribution < 1.29 is 29.0 Å². The van der Waals surface area contributed by atoms with Crippen LogP contribution in [0, 0.1) is 5.82 Å². The van der Waals surface area contributed by atoms with E-state index >= 15 is 0 Å². The summed E-state index contributed by atoms with van der Waals surface area (Å²) in [5.41, 5.74) is 0.156. The minimum absolute atomic E-state index is 0.141. The molecule has 2 rings (SSSR count). The van der Waals surface area contributed by atoms with Crippen LogP contribution in [0.1, 0.15) is 16.9 Å². The molecule has 0 bridgehead atoms. The molecule has 21 heavy (non-hydrogen) atoms. The van der Waals surface area contributed by atoms with Gasteiger partial charge in [-0.3, -0.25) is 9.59 Å². The quantitative estimate of drug-likeness (QED) is 0.721. The first kappa shape index (κ1) is 14.4. The molecule has 110 valence electrons. The number of halogens is 1. The van der Waals surface area contributed by atoms with E-state index in [1.165, 1.54) is 16.7 Å². The molecule has 1 amide bonds. The maximum Gasteiger partial charge on any atom is 0.326 e. The molecule has 0 aliphatic carbocycles. The molecule has 0 radical (unpaired) electrons. The van der Waals surface area contributed by atoms with Crippen molar-refractivity contribution in [3.05, 3.63) is 36.0 Å². The molecule has 0 aromatic carbocycles. The fraction of sp³-hybridized carbons (Fsp3) is 0.167. The molecule has 9 heteroatoms. The summed E-state index contributed by atoms with van der Waals surface area (Å²) in [6, 6.07) is 0.934. The van der Waals surface area contributed by atoms with Gasteiger partial charge in [-0.15, -0.1) is 0 Å². The molecular formula is C12H10FN3O5. The second-order valence-corrected chi connectivity index (χ2v) is 4.20. The zero-order chi connectivity index (χ0) is 15.6. The number of aliphatic carboxylic acids is 2. The highest BCUT2D eigenvalue weighted by atomic mass is 19.1. The molecule has 3 N–H and O–H groups in total. The predicted octanol–water partition coefficient (Wildman–Crippen LogP) is 0.131. The minimum Gasteiger partial charge on any atom is -0.481 e. The first-order valence-corrected chi connectivity index (χ1v) is 5.76. The van der Waals surface area contributed by atoms with Crippen molar-refractivity contribution in [3.63, 3.8) is 0 Å². The Morgan fingerprint density at radius 1 is 1.29 bits per heavy atom. The Balaban J connectivity index is 2.20. The highest BCUT2D eigenvalue weighted by Crippen LogP contribution is 2.07. The first-order chi connectivity index (χ1) is 9.86. The van der Waals surface area contributed by atoms with Crippen LogP contribution in [0.3, 0.4) is 0 Å². The maximum absolute atomic E-state index is 13.0. The number of fused-ring (bicyclic) bond motifs is 1. The molecule has 1 atom stereocenters. The second-order valence-electron chi connectivity index (χ2n) is 4.20. The van der Waals surface area contributed by atoms with E-state index in [4.69, 9.17) is 10.2 Å². The van der Waals surface area contributed by atoms with Crippen molar-refractivity contribution in [2.75, 3.05) is 0 Å². The van der Waals surface area contributed by atoms with Crippen LogP contribution in [0.25, 0.3) is 5.65 Å². The van der Waals surface area contributed by atoms with Gasteiger partial charge in [-0.25, -0.2) is 14.2 Å². The number of hydrogen-bond acceptors (Lipinski definition) is 4. The summed E-state index contributed by atoms with van der Waals surface area (Å²) in [6.07, 6.45) is 1.56. The number of amides is 1. The van der Waals surface area contributed by atoms with Crippen LogP contribution in [0.2, 0.25) is 0 Å². The van der Waals surface area contributed by atoms with Gasteiger partial charge in [0.15, 0.2) is 0 Å². The number of carboxylic acid groups (broad SMARTS) is 2. The number of aromatic nitrogens is 2. The van der Waals surface area contributed by atoms with Gasteiger partial charge in [-0.05, 0) is 12.1 Å². The first-order valence-electron chi connectivity index (χ1n) is 5.76. The molecule has 0 spiro atoms. The lowest BCUT2D eigenvalue weighted by Gasteiger charge is -2.10. The van der Waals surface area contributed by atoms with E-state index < -0.39 is 36.1 Å². The normalized spacial score (nSPS) is 12.0. The third-order valence-corrected chi connectivity index (χ3v) is 2.63. The van der Waals surface area contributed by atoms with Crippen LogP contribution in [0.15, 0.2) is 24.5 Å². The van der Waals surface area contributed by atoms with Gasteiger partial charge in [0.1, 0.15) is 23.2 Å². The summed E-state index contributed by atoms with van der Waals surface area (Å²) in [7, 11) is 0. The Morgan fingerprint density at radius 3 is 2.62 bits per heavy atom. The monoisotopic (exact) mass is 295 g/mol. The second kappa shape index (κ2) is 5.57. The number of hydrogen-bond donors (Lipinski definition) is 3. The molecule has 0 aliphatic heterocycles.